The summed E-state index contributed by atoms with van der Waals surface area (Å²) >= 11 is 0. The van der Waals surface area contributed by atoms with E-state index in [2.05, 4.69) is 4.74 Å². The van der Waals surface area contributed by atoms with Crippen LogP contribution in [0.15, 0.2) is 0 Å². The zero-order valence-electron chi connectivity index (χ0n) is 6.47. The molecule has 61 valence electrons. The molecule has 0 aromatic rings. The molecule has 0 spiro atoms. The smallest absolute Gasteiger partial charge is 0.324 e. The maximum atomic E-state index is 11.6. The topological polar surface area (TPSA) is 29.1 Å². The van der Waals surface area contributed by atoms with Gasteiger partial charge in [0.05, 0.1) is 6.61 Å². The molecule has 0 aromatic heterocycles. The van der Waals surface area contributed by atoms with Gasteiger partial charge in [0.2, 0.25) is 0 Å². The van der Waals surface area contributed by atoms with Crippen LogP contribution in [0.1, 0.15) is 26.7 Å². The molecule has 0 bridgehead atoms. The third-order valence-electron chi connectivity index (χ3n) is 1.62. The average molecular weight is 149 g/mol. The van der Waals surface area contributed by atoms with Crippen LogP contribution >= 0.6 is 0 Å². The third kappa shape index (κ3) is 4.70. The van der Waals surface area contributed by atoms with Crippen molar-refractivity contribution in [2.75, 3.05) is 6.61 Å². The minimum atomic E-state index is -2.36. The highest BCUT2D eigenvalue weighted by molar-refractivity contribution is 4.51. The predicted octanol–water partition coefficient (Wildman–Crippen LogP) is 2.12. The van der Waals surface area contributed by atoms with Gasteiger partial charge in [-0.15, -0.1) is 0 Å². The van der Waals surface area contributed by atoms with E-state index in [4.69, 9.17) is 0 Å². The van der Waals surface area contributed by atoms with Gasteiger partial charge < -0.3 is 4.74 Å². The van der Waals surface area contributed by atoms with Crippen molar-refractivity contribution in [2.45, 2.75) is 33.2 Å². The lowest BCUT2D eigenvalue weighted by molar-refractivity contribution is -0.225. The molecule has 0 amide bonds. The number of ether oxygens (including phenoxy) is 1. The molecule has 0 N–H and O–H groups in total. The standard InChI is InChI=1S/C7H14FO2/c1-3-6(4-2)5-10-7(8)9/h6-7H,3-5H2,1-2H3. The van der Waals surface area contributed by atoms with Gasteiger partial charge in [-0.1, -0.05) is 26.7 Å². The maximum absolute atomic E-state index is 11.6. The van der Waals surface area contributed by atoms with E-state index in [-0.39, 0.29) is 6.61 Å². The van der Waals surface area contributed by atoms with Crippen LogP contribution in [0.5, 0.6) is 0 Å². The van der Waals surface area contributed by atoms with Gasteiger partial charge in [-0.2, -0.15) is 9.50 Å². The van der Waals surface area contributed by atoms with Gasteiger partial charge in [0.25, 0.3) is 0 Å². The van der Waals surface area contributed by atoms with E-state index in [9.17, 15) is 9.50 Å². The van der Waals surface area contributed by atoms with Crippen molar-refractivity contribution >= 4 is 0 Å². The largest absolute Gasteiger partial charge is 0.337 e. The number of hydrogen-bond donors (Lipinski definition) is 0. The Morgan fingerprint density at radius 1 is 1.40 bits per heavy atom. The molecule has 2 nitrogen and oxygen atoms in total. The normalized spacial score (nSPS) is 14.1. The summed E-state index contributed by atoms with van der Waals surface area (Å²) in [7, 11) is 0. The summed E-state index contributed by atoms with van der Waals surface area (Å²) in [6.07, 6.45) is 1.87. The fourth-order valence-electron chi connectivity index (χ4n) is 0.736. The van der Waals surface area contributed by atoms with Crippen LogP contribution in [0.2, 0.25) is 0 Å². The number of halogens is 1. The van der Waals surface area contributed by atoms with E-state index in [1.54, 1.807) is 0 Å². The van der Waals surface area contributed by atoms with Crippen molar-refractivity contribution in [2.24, 2.45) is 5.92 Å². The van der Waals surface area contributed by atoms with Crippen LogP contribution in [0.4, 0.5) is 4.39 Å². The van der Waals surface area contributed by atoms with Crippen LogP contribution in [-0.2, 0) is 9.84 Å². The summed E-state index contributed by atoms with van der Waals surface area (Å²) < 4.78 is 15.8. The highest BCUT2D eigenvalue weighted by Gasteiger charge is 2.07. The predicted molar refractivity (Wildman–Crippen MR) is 35.6 cm³/mol. The first-order chi connectivity index (χ1) is 4.70. The molecule has 0 aliphatic rings. The molecule has 0 saturated carbocycles. The second-order valence-electron chi connectivity index (χ2n) is 2.29. The summed E-state index contributed by atoms with van der Waals surface area (Å²) in [5, 5.41) is 9.77. The molecule has 0 aliphatic heterocycles. The first-order valence-corrected chi connectivity index (χ1v) is 3.62. The summed E-state index contributed by atoms with van der Waals surface area (Å²) in [5.74, 6) is 0.326. The first-order valence-electron chi connectivity index (χ1n) is 3.62. The first kappa shape index (κ1) is 9.85. The van der Waals surface area contributed by atoms with Crippen molar-refractivity contribution in [3.05, 3.63) is 0 Å². The molecule has 0 saturated heterocycles. The molecule has 0 fully saturated rings. The molecule has 10 heavy (non-hydrogen) atoms. The van der Waals surface area contributed by atoms with Gasteiger partial charge in [0.1, 0.15) is 0 Å². The molecule has 0 heterocycles. The molecule has 1 radical (unpaired) electrons. The maximum Gasteiger partial charge on any atom is 0.337 e. The molecule has 3 heteroatoms. The quantitative estimate of drug-likeness (QED) is 0.550. The van der Waals surface area contributed by atoms with Crippen LogP contribution in [-0.4, -0.2) is 13.2 Å². The molecule has 0 aromatic carbocycles. The Kier molecular flexibility index (Phi) is 5.54. The minimum absolute atomic E-state index is 0.248. The van der Waals surface area contributed by atoms with Crippen molar-refractivity contribution in [1.29, 1.82) is 0 Å². The highest BCUT2D eigenvalue weighted by Crippen LogP contribution is 2.08. The van der Waals surface area contributed by atoms with Crippen LogP contribution in [0.3, 0.4) is 0 Å². The van der Waals surface area contributed by atoms with Gasteiger partial charge in [-0.25, -0.2) is 0 Å². The van der Waals surface area contributed by atoms with Gasteiger partial charge in [0.15, 0.2) is 0 Å². The molecule has 0 aliphatic carbocycles. The van der Waals surface area contributed by atoms with Crippen LogP contribution in [0.25, 0.3) is 0 Å². The summed E-state index contributed by atoms with van der Waals surface area (Å²) in [6.45, 7) is 1.88. The third-order valence-corrected chi connectivity index (χ3v) is 1.62. The van der Waals surface area contributed by atoms with E-state index >= 15 is 0 Å². The number of rotatable bonds is 5. The SMILES string of the molecule is CCC(CC)COC([O])F. The van der Waals surface area contributed by atoms with Crippen molar-refractivity contribution in [3.63, 3.8) is 0 Å². The summed E-state index contributed by atoms with van der Waals surface area (Å²) in [4.78, 5) is 0. The lowest BCUT2D eigenvalue weighted by atomic mass is 10.1. The molecule has 1 unspecified atom stereocenters. The van der Waals surface area contributed by atoms with E-state index in [1.807, 2.05) is 13.8 Å². The minimum Gasteiger partial charge on any atom is -0.324 e. The second-order valence-corrected chi connectivity index (χ2v) is 2.29. The lowest BCUT2D eigenvalue weighted by Gasteiger charge is -2.11. The Morgan fingerprint density at radius 2 is 1.90 bits per heavy atom. The Balaban J connectivity index is 3.26. The van der Waals surface area contributed by atoms with Crippen molar-refractivity contribution < 1.29 is 14.2 Å². The Hall–Kier alpha value is -0.150. The zero-order valence-corrected chi connectivity index (χ0v) is 6.47. The average Bonchev–Trinajstić information content (AvgIpc) is 1.90. The monoisotopic (exact) mass is 149 g/mol. The van der Waals surface area contributed by atoms with E-state index in [1.165, 1.54) is 0 Å². The van der Waals surface area contributed by atoms with Crippen LogP contribution < -0.4 is 0 Å². The van der Waals surface area contributed by atoms with Gasteiger partial charge in [-0.05, 0) is 5.92 Å². The number of hydrogen-bond acceptors (Lipinski definition) is 1. The van der Waals surface area contributed by atoms with Crippen molar-refractivity contribution in [1.82, 2.24) is 0 Å². The Morgan fingerprint density at radius 3 is 2.20 bits per heavy atom. The second kappa shape index (κ2) is 5.62. The molecule has 1 atom stereocenters. The fraction of sp³-hybridized carbons (Fsp3) is 1.00. The molecular weight excluding hydrogens is 135 g/mol. The van der Waals surface area contributed by atoms with Gasteiger partial charge in [-0.3, -0.25) is 0 Å². The van der Waals surface area contributed by atoms with E-state index in [0.29, 0.717) is 5.92 Å². The Labute approximate surface area is 61.0 Å². The summed E-state index contributed by atoms with van der Waals surface area (Å²) in [6, 6.07) is 0. The van der Waals surface area contributed by atoms with Gasteiger partial charge >= 0.3 is 6.54 Å². The lowest BCUT2D eigenvalue weighted by Crippen LogP contribution is -2.12. The van der Waals surface area contributed by atoms with Gasteiger partial charge in [0, 0.05) is 0 Å². The highest BCUT2D eigenvalue weighted by atomic mass is 19.2. The zero-order chi connectivity index (χ0) is 7.98. The van der Waals surface area contributed by atoms with E-state index < -0.39 is 6.54 Å². The summed E-state index contributed by atoms with van der Waals surface area (Å²) in [5.41, 5.74) is 0. The van der Waals surface area contributed by atoms with Crippen LogP contribution in [0, 0.1) is 5.92 Å². The van der Waals surface area contributed by atoms with E-state index in [0.717, 1.165) is 12.8 Å². The van der Waals surface area contributed by atoms with Crippen molar-refractivity contribution in [3.8, 4) is 0 Å². The Bertz CT molecular complexity index is 72.0. The number of alkyl halides is 1. The fourth-order valence-corrected chi connectivity index (χ4v) is 0.736. The molecular formula is C7H14FO2. The molecule has 0 rings (SSSR count).